The molecule has 3 rings (SSSR count). The van der Waals surface area contributed by atoms with Crippen LogP contribution >= 0.6 is 17.9 Å². The Bertz CT molecular complexity index is 640. The molecule has 1 aromatic heterocycles. The van der Waals surface area contributed by atoms with Crippen molar-refractivity contribution in [2.24, 2.45) is 0 Å². The molecule has 1 aromatic rings. The average Bonchev–Trinajstić information content (AvgIpc) is 2.66. The fourth-order valence-corrected chi connectivity index (χ4v) is 4.16. The number of hydrogen-bond donors (Lipinski definition) is 3. The van der Waals surface area contributed by atoms with Gasteiger partial charge >= 0.3 is 5.69 Å². The standard InChI is InChI=1S/C9H12N3O5PS2/c10-5-1-2-12(9(14)11-5)8-6(13)7-4(16-8)3-15-18(19,20)17-7/h1-2,4,6-8,13H,3H2,(H,19,20)(H2,10,11,14)/t4-,6-,7-,8-/m1/s1. The molecule has 0 spiro atoms. The predicted octanol–water partition coefficient (Wildman–Crippen LogP) is -0.347. The van der Waals surface area contributed by atoms with E-state index in [1.54, 1.807) is 0 Å². The molecule has 2 saturated heterocycles. The first kappa shape index (κ1) is 14.5. The van der Waals surface area contributed by atoms with Crippen LogP contribution in [0.15, 0.2) is 17.1 Å². The number of nitrogen functional groups attached to an aromatic ring is 1. The van der Waals surface area contributed by atoms with Gasteiger partial charge in [-0.05, 0) is 17.9 Å². The molecule has 0 radical (unpaired) electrons. The number of rotatable bonds is 1. The van der Waals surface area contributed by atoms with E-state index in [0.717, 1.165) is 4.57 Å². The third-order valence-corrected chi connectivity index (χ3v) is 5.28. The highest BCUT2D eigenvalue weighted by Gasteiger charge is 2.50. The topological polar surface area (TPSA) is 109 Å². The van der Waals surface area contributed by atoms with E-state index in [-0.39, 0.29) is 12.4 Å². The Morgan fingerprint density at radius 2 is 2.40 bits per heavy atom. The third kappa shape index (κ3) is 2.52. The van der Waals surface area contributed by atoms with Gasteiger partial charge in [0.15, 0.2) is 6.23 Å². The number of thiol groups is 1. The van der Waals surface area contributed by atoms with Crippen LogP contribution in [0.2, 0.25) is 0 Å². The van der Waals surface area contributed by atoms with E-state index in [1.165, 1.54) is 12.3 Å². The van der Waals surface area contributed by atoms with Gasteiger partial charge in [-0.3, -0.25) is 4.57 Å². The largest absolute Gasteiger partial charge is 0.386 e. The number of aliphatic hydroxyl groups is 1. The number of aromatic nitrogens is 2. The van der Waals surface area contributed by atoms with E-state index in [4.69, 9.17) is 31.3 Å². The van der Waals surface area contributed by atoms with E-state index in [2.05, 4.69) is 17.2 Å². The molecule has 8 nitrogen and oxygen atoms in total. The van der Waals surface area contributed by atoms with Gasteiger partial charge in [0, 0.05) is 6.20 Å². The molecule has 11 heteroatoms. The van der Waals surface area contributed by atoms with Crippen molar-refractivity contribution >= 4 is 35.6 Å². The Hall–Kier alpha value is -0.480. The Morgan fingerprint density at radius 1 is 1.65 bits per heavy atom. The van der Waals surface area contributed by atoms with Gasteiger partial charge in [-0.25, -0.2) is 4.79 Å². The molecular formula is C9H12N3O5PS2. The lowest BCUT2D eigenvalue weighted by Crippen LogP contribution is -2.39. The minimum absolute atomic E-state index is 0.0987. The van der Waals surface area contributed by atoms with E-state index < -0.39 is 35.9 Å². The minimum Gasteiger partial charge on any atom is -0.386 e. The summed E-state index contributed by atoms with van der Waals surface area (Å²) in [6.45, 7) is 0.163. The highest BCUT2D eigenvalue weighted by Crippen LogP contribution is 2.59. The normalized spacial score (nSPS) is 40.5. The van der Waals surface area contributed by atoms with E-state index in [9.17, 15) is 9.90 Å². The van der Waals surface area contributed by atoms with Crippen molar-refractivity contribution < 1.29 is 18.9 Å². The predicted molar refractivity (Wildman–Crippen MR) is 76.9 cm³/mol. The molecule has 0 aromatic carbocycles. The number of nitrogens with zero attached hydrogens (tertiary/aromatic N) is 2. The maximum atomic E-state index is 11.8. The van der Waals surface area contributed by atoms with E-state index >= 15 is 0 Å². The Morgan fingerprint density at radius 3 is 3.10 bits per heavy atom. The molecule has 0 saturated carbocycles. The summed E-state index contributed by atoms with van der Waals surface area (Å²) in [5, 5.41) is 10.3. The van der Waals surface area contributed by atoms with Crippen LogP contribution in [-0.2, 0) is 25.6 Å². The molecule has 0 bridgehead atoms. The van der Waals surface area contributed by atoms with Crippen LogP contribution in [0.25, 0.3) is 0 Å². The summed E-state index contributed by atoms with van der Waals surface area (Å²) in [6.07, 6.45) is -1.77. The smallest absolute Gasteiger partial charge is 0.351 e. The fraction of sp³-hybridized carbons (Fsp3) is 0.556. The van der Waals surface area contributed by atoms with Gasteiger partial charge in [-0.1, -0.05) is 12.2 Å². The van der Waals surface area contributed by atoms with Gasteiger partial charge < -0.3 is 24.6 Å². The highest BCUT2D eigenvalue weighted by atomic mass is 32.9. The summed E-state index contributed by atoms with van der Waals surface area (Å²) in [6, 6.07) is 1.44. The van der Waals surface area contributed by atoms with Crippen molar-refractivity contribution in [2.45, 2.75) is 24.5 Å². The first-order valence-corrected chi connectivity index (χ1v) is 9.50. The molecule has 110 valence electrons. The molecule has 20 heavy (non-hydrogen) atoms. The minimum atomic E-state index is -2.67. The zero-order chi connectivity index (χ0) is 14.5. The summed E-state index contributed by atoms with van der Waals surface area (Å²) in [5.74, 6) is 0.0987. The highest BCUT2D eigenvalue weighted by molar-refractivity contribution is 8.60. The van der Waals surface area contributed by atoms with Crippen molar-refractivity contribution in [3.05, 3.63) is 22.7 Å². The molecule has 5 atom stereocenters. The number of fused-ring (bicyclic) bond motifs is 1. The quantitative estimate of drug-likeness (QED) is 0.471. The monoisotopic (exact) mass is 337 g/mol. The van der Waals surface area contributed by atoms with Gasteiger partial charge in [0.25, 0.3) is 0 Å². The Labute approximate surface area is 124 Å². The van der Waals surface area contributed by atoms with Gasteiger partial charge in [0.1, 0.15) is 24.1 Å². The van der Waals surface area contributed by atoms with Crippen molar-refractivity contribution in [3.63, 3.8) is 0 Å². The molecule has 2 fully saturated rings. The van der Waals surface area contributed by atoms with Gasteiger partial charge in [0.05, 0.1) is 6.61 Å². The number of nitrogens with two attached hydrogens (primary N) is 1. The third-order valence-electron chi connectivity index (χ3n) is 3.09. The van der Waals surface area contributed by atoms with Gasteiger partial charge in [-0.15, -0.1) is 0 Å². The molecular weight excluding hydrogens is 325 g/mol. The average molecular weight is 337 g/mol. The number of hydrogen-bond acceptors (Lipinski definition) is 8. The lowest BCUT2D eigenvalue weighted by atomic mass is 10.1. The summed E-state index contributed by atoms with van der Waals surface area (Å²) < 4.78 is 17.5. The van der Waals surface area contributed by atoms with Crippen LogP contribution < -0.4 is 11.4 Å². The number of anilines is 1. The van der Waals surface area contributed by atoms with E-state index in [1.807, 2.05) is 0 Å². The van der Waals surface area contributed by atoms with Gasteiger partial charge in [-0.2, -0.15) is 4.98 Å². The first-order chi connectivity index (χ1) is 9.37. The van der Waals surface area contributed by atoms with Crippen LogP contribution in [-0.4, -0.2) is 39.6 Å². The molecule has 1 unspecified atom stereocenters. The zero-order valence-corrected chi connectivity index (χ0v) is 12.6. The van der Waals surface area contributed by atoms with Gasteiger partial charge in [0.2, 0.25) is 5.69 Å². The summed E-state index contributed by atoms with van der Waals surface area (Å²) in [5.41, 5.74) is 2.14. The SMILES string of the molecule is Nc1ccn([C@@H]2O[C@@H]3COP(=S)(S)O[C@H]3[C@H]2O)c(=O)n1. The Balaban J connectivity index is 1.90. The number of aliphatic hydroxyl groups excluding tert-OH is 1. The lowest BCUT2D eigenvalue weighted by molar-refractivity contribution is -0.0562. The first-order valence-electron chi connectivity index (χ1n) is 5.71. The molecule has 0 amide bonds. The summed E-state index contributed by atoms with van der Waals surface area (Å²) in [7, 11) is 0. The molecule has 3 heterocycles. The number of ether oxygens (including phenoxy) is 1. The molecule has 2 aliphatic heterocycles. The molecule has 3 N–H and O–H groups in total. The maximum absolute atomic E-state index is 11.8. The van der Waals surface area contributed by atoms with Crippen molar-refractivity contribution in [1.29, 1.82) is 0 Å². The Kier molecular flexibility index (Phi) is 3.66. The fourth-order valence-electron chi connectivity index (χ4n) is 2.19. The van der Waals surface area contributed by atoms with Crippen LogP contribution in [0.4, 0.5) is 5.82 Å². The second-order valence-corrected chi connectivity index (χ2v) is 9.67. The maximum Gasteiger partial charge on any atom is 0.351 e. The summed E-state index contributed by atoms with van der Waals surface area (Å²) >= 11 is 9.15. The van der Waals surface area contributed by atoms with Crippen molar-refractivity contribution in [3.8, 4) is 0 Å². The second-order valence-electron chi connectivity index (χ2n) is 4.43. The second kappa shape index (κ2) is 5.06. The van der Waals surface area contributed by atoms with E-state index in [0.29, 0.717) is 0 Å². The molecule has 0 aliphatic carbocycles. The van der Waals surface area contributed by atoms with Crippen LogP contribution in [0.5, 0.6) is 0 Å². The van der Waals surface area contributed by atoms with Crippen LogP contribution in [0, 0.1) is 0 Å². The van der Waals surface area contributed by atoms with Crippen LogP contribution in [0.1, 0.15) is 6.23 Å². The van der Waals surface area contributed by atoms with Crippen molar-refractivity contribution in [2.75, 3.05) is 12.3 Å². The lowest BCUT2D eigenvalue weighted by Gasteiger charge is -2.31. The zero-order valence-electron chi connectivity index (χ0n) is 10.0. The van der Waals surface area contributed by atoms with Crippen LogP contribution in [0.3, 0.4) is 0 Å². The van der Waals surface area contributed by atoms with Crippen molar-refractivity contribution in [1.82, 2.24) is 9.55 Å². The molecule has 2 aliphatic rings. The summed E-state index contributed by atoms with van der Waals surface area (Å²) in [4.78, 5) is 15.4.